The van der Waals surface area contributed by atoms with E-state index in [4.69, 9.17) is 16.3 Å². The number of rotatable bonds is 5. The Labute approximate surface area is 166 Å². The van der Waals surface area contributed by atoms with E-state index in [1.54, 1.807) is 17.5 Å². The fourth-order valence-corrected chi connectivity index (χ4v) is 3.17. The van der Waals surface area contributed by atoms with E-state index in [1.165, 1.54) is 41.7 Å². The molecule has 0 N–H and O–H groups in total. The zero-order chi connectivity index (χ0) is 20.3. The summed E-state index contributed by atoms with van der Waals surface area (Å²) in [7, 11) is 0. The highest BCUT2D eigenvalue weighted by Gasteiger charge is 2.36. The van der Waals surface area contributed by atoms with Crippen LogP contribution in [0.15, 0.2) is 47.8 Å². The van der Waals surface area contributed by atoms with Crippen molar-refractivity contribution in [1.29, 1.82) is 5.26 Å². The van der Waals surface area contributed by atoms with Crippen molar-refractivity contribution < 1.29 is 22.7 Å². The monoisotopic (exact) mass is 422 g/mol. The Morgan fingerprint density at radius 2 is 1.96 bits per heavy atom. The second-order valence-corrected chi connectivity index (χ2v) is 6.92. The largest absolute Gasteiger partial charge is 0.468 e. The molecule has 0 aliphatic rings. The number of nitrogens with zero attached hydrogens (tertiary/aromatic N) is 2. The van der Waals surface area contributed by atoms with Gasteiger partial charge in [-0.05, 0) is 41.8 Å². The van der Waals surface area contributed by atoms with Crippen LogP contribution in [0.1, 0.15) is 21.5 Å². The van der Waals surface area contributed by atoms with Crippen molar-refractivity contribution in [1.82, 2.24) is 4.98 Å². The van der Waals surface area contributed by atoms with Crippen LogP contribution < -0.4 is 4.74 Å². The molecule has 1 aromatic carbocycles. The fourth-order valence-electron chi connectivity index (χ4n) is 2.36. The molecule has 0 spiro atoms. The molecular weight excluding hydrogens is 413 g/mol. The molecule has 0 aliphatic carbocycles. The van der Waals surface area contributed by atoms with Crippen molar-refractivity contribution in [2.75, 3.05) is 6.61 Å². The number of halogens is 4. The lowest BCUT2D eigenvalue weighted by Gasteiger charge is -2.14. The van der Waals surface area contributed by atoms with Gasteiger partial charge in [0.25, 0.3) is 0 Å². The number of pyridine rings is 1. The molecule has 3 aromatic rings. The first-order valence-electron chi connectivity index (χ1n) is 7.77. The summed E-state index contributed by atoms with van der Waals surface area (Å²) < 4.78 is 45.5. The van der Waals surface area contributed by atoms with Gasteiger partial charge in [0.2, 0.25) is 5.88 Å². The van der Waals surface area contributed by atoms with Crippen molar-refractivity contribution in [2.24, 2.45) is 0 Å². The summed E-state index contributed by atoms with van der Waals surface area (Å²) in [6.45, 7) is -0.575. The molecule has 0 unspecified atom stereocenters. The zero-order valence-electron chi connectivity index (χ0n) is 14.0. The average Bonchev–Trinajstić information content (AvgIpc) is 3.20. The number of hydrogen-bond acceptors (Lipinski definition) is 5. The maximum absolute atomic E-state index is 13.4. The maximum Gasteiger partial charge on any atom is 0.417 e. The number of benzene rings is 1. The second kappa shape index (κ2) is 8.00. The third-order valence-corrected chi connectivity index (χ3v) is 4.83. The van der Waals surface area contributed by atoms with E-state index in [1.807, 2.05) is 0 Å². The normalized spacial score (nSPS) is 11.1. The quantitative estimate of drug-likeness (QED) is 0.501. The Bertz CT molecular complexity index is 1040. The molecule has 4 nitrogen and oxygen atoms in total. The topological polar surface area (TPSA) is 63.0 Å². The van der Waals surface area contributed by atoms with Gasteiger partial charge in [-0.25, -0.2) is 4.98 Å². The molecule has 0 saturated heterocycles. The summed E-state index contributed by atoms with van der Waals surface area (Å²) in [6.07, 6.45) is -4.78. The highest BCUT2D eigenvalue weighted by Crippen LogP contribution is 2.38. The average molecular weight is 423 g/mol. The lowest BCUT2D eigenvalue weighted by Crippen LogP contribution is -2.15. The van der Waals surface area contributed by atoms with Crippen LogP contribution in [0.4, 0.5) is 13.2 Å². The minimum absolute atomic E-state index is 0.00951. The van der Waals surface area contributed by atoms with Crippen LogP contribution in [0.2, 0.25) is 5.02 Å². The van der Waals surface area contributed by atoms with Gasteiger partial charge in [-0.3, -0.25) is 4.79 Å². The Hall–Kier alpha value is -2.89. The zero-order valence-corrected chi connectivity index (χ0v) is 15.5. The molecule has 0 atom stereocenters. The Morgan fingerprint density at radius 1 is 1.25 bits per heavy atom. The number of thiophene rings is 1. The van der Waals surface area contributed by atoms with E-state index in [0.717, 1.165) is 6.07 Å². The highest BCUT2D eigenvalue weighted by atomic mass is 35.5. The van der Waals surface area contributed by atoms with Crippen molar-refractivity contribution in [3.63, 3.8) is 0 Å². The van der Waals surface area contributed by atoms with E-state index in [9.17, 15) is 23.2 Å². The van der Waals surface area contributed by atoms with Gasteiger partial charge in [0.1, 0.15) is 11.6 Å². The van der Waals surface area contributed by atoms with Gasteiger partial charge in [0.05, 0.1) is 16.1 Å². The van der Waals surface area contributed by atoms with Crippen LogP contribution in [0.3, 0.4) is 0 Å². The summed E-state index contributed by atoms with van der Waals surface area (Å²) in [6, 6.07) is 11.5. The SMILES string of the molecule is N#Cc1c(C(F)(F)F)cc(-c2cccs2)nc1OCC(=O)c1ccc(Cl)cc1. The van der Waals surface area contributed by atoms with E-state index < -0.39 is 35.6 Å². The first-order valence-corrected chi connectivity index (χ1v) is 9.03. The van der Waals surface area contributed by atoms with Crippen molar-refractivity contribution in [2.45, 2.75) is 6.18 Å². The molecule has 142 valence electrons. The van der Waals surface area contributed by atoms with E-state index in [0.29, 0.717) is 9.90 Å². The number of hydrogen-bond donors (Lipinski definition) is 0. The number of ether oxygens (including phenoxy) is 1. The molecule has 2 aromatic heterocycles. The van der Waals surface area contributed by atoms with Crippen LogP contribution in [-0.2, 0) is 6.18 Å². The molecule has 0 saturated carbocycles. The molecule has 3 rings (SSSR count). The van der Waals surface area contributed by atoms with Crippen LogP contribution in [-0.4, -0.2) is 17.4 Å². The summed E-state index contributed by atoms with van der Waals surface area (Å²) in [5, 5.41) is 11.4. The molecule has 0 bridgehead atoms. The number of Topliss-reactive ketones (excluding diaryl/α,β-unsaturated/α-hetero) is 1. The third kappa shape index (κ3) is 4.32. The second-order valence-electron chi connectivity index (χ2n) is 5.54. The van der Waals surface area contributed by atoms with Gasteiger partial charge < -0.3 is 4.74 Å². The van der Waals surface area contributed by atoms with Crippen molar-refractivity contribution in [3.05, 3.63) is 69.6 Å². The Morgan fingerprint density at radius 3 is 2.54 bits per heavy atom. The van der Waals surface area contributed by atoms with Gasteiger partial charge in [-0.2, -0.15) is 18.4 Å². The molecule has 0 fully saturated rings. The number of nitriles is 1. The maximum atomic E-state index is 13.4. The number of ketones is 1. The van der Waals surface area contributed by atoms with Crippen LogP contribution in [0, 0.1) is 11.3 Å². The first-order chi connectivity index (χ1) is 13.3. The van der Waals surface area contributed by atoms with Gasteiger partial charge >= 0.3 is 6.18 Å². The summed E-state index contributed by atoms with van der Waals surface area (Å²) in [4.78, 5) is 16.7. The van der Waals surface area contributed by atoms with E-state index in [-0.39, 0.29) is 11.3 Å². The van der Waals surface area contributed by atoms with Crippen LogP contribution in [0.25, 0.3) is 10.6 Å². The predicted octanol–water partition coefficient (Wildman–Crippen LogP) is 5.62. The molecule has 0 aliphatic heterocycles. The Balaban J connectivity index is 1.97. The smallest absolute Gasteiger partial charge is 0.417 e. The van der Waals surface area contributed by atoms with Gasteiger partial charge in [0, 0.05) is 10.6 Å². The van der Waals surface area contributed by atoms with E-state index >= 15 is 0 Å². The number of aromatic nitrogens is 1. The Kier molecular flexibility index (Phi) is 5.68. The minimum Gasteiger partial charge on any atom is -0.468 e. The highest BCUT2D eigenvalue weighted by molar-refractivity contribution is 7.13. The fraction of sp³-hybridized carbons (Fsp3) is 0.105. The summed E-state index contributed by atoms with van der Waals surface area (Å²) >= 11 is 6.95. The molecule has 28 heavy (non-hydrogen) atoms. The van der Waals surface area contributed by atoms with Crippen molar-refractivity contribution in [3.8, 4) is 22.5 Å². The number of carbonyl (C=O) groups is 1. The number of alkyl halides is 3. The molecular formula is C19H10ClF3N2O2S. The van der Waals surface area contributed by atoms with Crippen LogP contribution >= 0.6 is 22.9 Å². The van der Waals surface area contributed by atoms with Crippen LogP contribution in [0.5, 0.6) is 5.88 Å². The third-order valence-electron chi connectivity index (χ3n) is 3.68. The summed E-state index contributed by atoms with van der Waals surface area (Å²) in [5.41, 5.74) is -1.65. The number of carbonyl (C=O) groups excluding carboxylic acids is 1. The lowest BCUT2D eigenvalue weighted by molar-refractivity contribution is -0.137. The summed E-state index contributed by atoms with van der Waals surface area (Å²) in [5.74, 6) is -1.03. The van der Waals surface area contributed by atoms with Gasteiger partial charge in [0.15, 0.2) is 12.4 Å². The van der Waals surface area contributed by atoms with E-state index in [2.05, 4.69) is 4.98 Å². The van der Waals surface area contributed by atoms with Gasteiger partial charge in [-0.1, -0.05) is 17.7 Å². The minimum atomic E-state index is -4.78. The molecule has 0 radical (unpaired) electrons. The predicted molar refractivity (Wildman–Crippen MR) is 98.5 cm³/mol. The first kappa shape index (κ1) is 19.9. The lowest BCUT2D eigenvalue weighted by atomic mass is 10.1. The molecule has 9 heteroatoms. The standard InChI is InChI=1S/C19H10ClF3N2O2S/c20-12-5-3-11(4-6-12)16(26)10-27-18-13(9-24)14(19(21,22)23)8-15(25-18)17-2-1-7-28-17/h1-8H,10H2. The van der Waals surface area contributed by atoms with Gasteiger partial charge in [-0.15, -0.1) is 11.3 Å². The molecule has 2 heterocycles. The molecule has 0 amide bonds. The van der Waals surface area contributed by atoms with Crippen molar-refractivity contribution >= 4 is 28.7 Å².